The van der Waals surface area contributed by atoms with Crippen LogP contribution in [0.3, 0.4) is 0 Å². The van der Waals surface area contributed by atoms with Gasteiger partial charge < -0.3 is 0 Å². The predicted octanol–water partition coefficient (Wildman–Crippen LogP) is 5.55. The molecule has 0 aromatic carbocycles. The molecule has 0 aliphatic carbocycles. The zero-order chi connectivity index (χ0) is 12.2. The molecule has 0 saturated carbocycles. The second kappa shape index (κ2) is 58.4. The topological polar surface area (TPSA) is 0 Å². The molecule has 0 fully saturated rings. The van der Waals surface area contributed by atoms with Crippen molar-refractivity contribution in [2.24, 2.45) is 0 Å². The molecule has 0 aliphatic heterocycles. The van der Waals surface area contributed by atoms with E-state index in [-0.39, 0.29) is 0 Å². The van der Waals surface area contributed by atoms with Gasteiger partial charge in [-0.05, 0) is 13.8 Å². The third kappa shape index (κ3) is 124. The summed E-state index contributed by atoms with van der Waals surface area (Å²) in [7, 11) is 0. The van der Waals surface area contributed by atoms with Crippen molar-refractivity contribution >= 4 is 0 Å². The first-order valence-corrected chi connectivity index (χ1v) is 5.30. The molecule has 0 amide bonds. The molecule has 0 heteroatoms. The molecule has 0 bridgehead atoms. The summed E-state index contributed by atoms with van der Waals surface area (Å²) in [5, 5.41) is 0. The summed E-state index contributed by atoms with van der Waals surface area (Å²) in [6.45, 7) is 18.8. The molecule has 0 radical (unpaired) electrons. The molecule has 0 rings (SSSR count). The fraction of sp³-hybridized carbons (Fsp3) is 0.429. The van der Waals surface area contributed by atoms with E-state index in [0.29, 0.717) is 0 Å². The minimum absolute atomic E-state index is 1.75. The molecule has 0 atom stereocenters. The zero-order valence-corrected chi connectivity index (χ0v) is 10.9. The van der Waals surface area contributed by atoms with Crippen LogP contribution >= 0.6 is 0 Å². The van der Waals surface area contributed by atoms with Gasteiger partial charge in [-0.15, -0.1) is 0 Å². The highest BCUT2D eigenvalue weighted by atomic mass is 13.5. The first-order valence-electron chi connectivity index (χ1n) is 5.30. The Morgan fingerprint density at radius 3 is 0.857 bits per heavy atom. The third-order valence-electron chi connectivity index (χ3n) is 0.657. The maximum Gasteiger partial charge on any atom is -0.0467 e. The number of hydrogen-bond acceptors (Lipinski definition) is 0. The Morgan fingerprint density at radius 1 is 0.643 bits per heavy atom. The van der Waals surface area contributed by atoms with Gasteiger partial charge in [0.2, 0.25) is 0 Å². The lowest BCUT2D eigenvalue weighted by Gasteiger charge is -1.56. The lowest BCUT2D eigenvalue weighted by Crippen LogP contribution is -1.33. The van der Waals surface area contributed by atoms with Gasteiger partial charge in [0.05, 0.1) is 0 Å². The van der Waals surface area contributed by atoms with E-state index in [1.54, 1.807) is 12.2 Å². The van der Waals surface area contributed by atoms with Crippen LogP contribution < -0.4 is 0 Å². The van der Waals surface area contributed by atoms with E-state index in [0.717, 1.165) is 0 Å². The second-order valence-electron chi connectivity index (χ2n) is 1.52. The van der Waals surface area contributed by atoms with Gasteiger partial charge in [-0.2, -0.15) is 0 Å². The summed E-state index contributed by atoms with van der Waals surface area (Å²) in [6.07, 6.45) is 11.2. The SMILES string of the molecule is C=C/C=C\C.C=C/C=C\C.CC.CC. The molecule has 0 heterocycles. The number of allylic oxidation sites excluding steroid dienone is 6. The van der Waals surface area contributed by atoms with Gasteiger partial charge in [0.1, 0.15) is 0 Å². The van der Waals surface area contributed by atoms with Gasteiger partial charge in [-0.1, -0.05) is 77.3 Å². The van der Waals surface area contributed by atoms with Gasteiger partial charge in [0, 0.05) is 0 Å². The van der Waals surface area contributed by atoms with Crippen LogP contribution in [0.4, 0.5) is 0 Å². The molecule has 0 aliphatic rings. The highest BCUT2D eigenvalue weighted by molar-refractivity contribution is 4.94. The molecule has 0 nitrogen and oxygen atoms in total. The smallest absolute Gasteiger partial charge is 0.0467 e. The van der Waals surface area contributed by atoms with Crippen molar-refractivity contribution in [3.8, 4) is 0 Å². The van der Waals surface area contributed by atoms with Crippen molar-refractivity contribution in [2.45, 2.75) is 41.5 Å². The summed E-state index contributed by atoms with van der Waals surface area (Å²) in [5.41, 5.74) is 0. The summed E-state index contributed by atoms with van der Waals surface area (Å²) < 4.78 is 0. The van der Waals surface area contributed by atoms with E-state index in [4.69, 9.17) is 0 Å². The summed E-state index contributed by atoms with van der Waals surface area (Å²) >= 11 is 0. The highest BCUT2D eigenvalue weighted by Gasteiger charge is 1.42. The highest BCUT2D eigenvalue weighted by Crippen LogP contribution is 1.65. The fourth-order valence-electron chi connectivity index (χ4n) is 0.272. The first kappa shape index (κ1) is 23.1. The van der Waals surface area contributed by atoms with Crippen molar-refractivity contribution < 1.29 is 0 Å². The minimum Gasteiger partial charge on any atom is -0.0991 e. The Morgan fingerprint density at radius 2 is 0.857 bits per heavy atom. The Kier molecular flexibility index (Phi) is 96.3. The quantitative estimate of drug-likeness (QED) is 0.508. The molecule has 0 aromatic heterocycles. The Hall–Kier alpha value is -1.04. The molecular formula is C14H28. The average Bonchev–Trinajstić information content (AvgIpc) is 2.27. The largest absolute Gasteiger partial charge is 0.0991 e. The summed E-state index contributed by atoms with van der Waals surface area (Å²) in [6, 6.07) is 0. The first-order chi connectivity index (χ1) is 6.83. The second-order valence-corrected chi connectivity index (χ2v) is 1.52. The lowest BCUT2D eigenvalue weighted by molar-refractivity contribution is 1.50. The molecule has 0 N–H and O–H groups in total. The van der Waals surface area contributed by atoms with Crippen LogP contribution in [-0.2, 0) is 0 Å². The molecular weight excluding hydrogens is 168 g/mol. The predicted molar refractivity (Wildman–Crippen MR) is 72.7 cm³/mol. The normalized spacial score (nSPS) is 7.29. The Labute approximate surface area is 91.7 Å². The molecule has 0 aromatic rings. The number of hydrogen-bond donors (Lipinski definition) is 0. The van der Waals surface area contributed by atoms with E-state index >= 15 is 0 Å². The van der Waals surface area contributed by atoms with Gasteiger partial charge in [-0.25, -0.2) is 0 Å². The van der Waals surface area contributed by atoms with Crippen LogP contribution in [0.1, 0.15) is 41.5 Å². The average molecular weight is 196 g/mol. The minimum atomic E-state index is 1.75. The van der Waals surface area contributed by atoms with Crippen LogP contribution in [0.2, 0.25) is 0 Å². The standard InChI is InChI=1S/2C5H8.2C2H6/c2*1-3-5-4-2;2*1-2/h2*3-5H,1H2,2H3;2*1-2H3/b2*5-4-;;. The lowest BCUT2D eigenvalue weighted by atomic mass is 10.5. The number of rotatable bonds is 2. The van der Waals surface area contributed by atoms with E-state index in [9.17, 15) is 0 Å². The van der Waals surface area contributed by atoms with Gasteiger partial charge in [-0.3, -0.25) is 0 Å². The summed E-state index contributed by atoms with van der Waals surface area (Å²) in [5.74, 6) is 0. The van der Waals surface area contributed by atoms with E-state index in [1.165, 1.54) is 0 Å². The maximum atomic E-state index is 3.46. The van der Waals surface area contributed by atoms with Gasteiger partial charge in [0.25, 0.3) is 0 Å². The molecule has 14 heavy (non-hydrogen) atoms. The van der Waals surface area contributed by atoms with E-state index in [2.05, 4.69) is 13.2 Å². The van der Waals surface area contributed by atoms with Crippen LogP contribution in [0.5, 0.6) is 0 Å². The van der Waals surface area contributed by atoms with Crippen molar-refractivity contribution in [1.29, 1.82) is 0 Å². The third-order valence-corrected chi connectivity index (χ3v) is 0.657. The van der Waals surface area contributed by atoms with Crippen LogP contribution in [0.25, 0.3) is 0 Å². The Bertz CT molecular complexity index is 100. The van der Waals surface area contributed by atoms with Crippen LogP contribution in [0.15, 0.2) is 49.6 Å². The van der Waals surface area contributed by atoms with Crippen LogP contribution in [-0.4, -0.2) is 0 Å². The fourth-order valence-corrected chi connectivity index (χ4v) is 0.272. The zero-order valence-electron chi connectivity index (χ0n) is 10.9. The van der Waals surface area contributed by atoms with Crippen molar-refractivity contribution in [1.82, 2.24) is 0 Å². The maximum absolute atomic E-state index is 3.46. The van der Waals surface area contributed by atoms with Crippen LogP contribution in [0, 0.1) is 0 Å². The molecule has 84 valence electrons. The molecule has 0 spiro atoms. The van der Waals surface area contributed by atoms with Gasteiger partial charge in [0.15, 0.2) is 0 Å². The Balaban J connectivity index is -0.0000000528. The van der Waals surface area contributed by atoms with Gasteiger partial charge >= 0.3 is 0 Å². The van der Waals surface area contributed by atoms with Crippen molar-refractivity contribution in [2.75, 3.05) is 0 Å². The van der Waals surface area contributed by atoms with Crippen molar-refractivity contribution in [3.05, 3.63) is 49.6 Å². The summed E-state index contributed by atoms with van der Waals surface area (Å²) in [4.78, 5) is 0. The van der Waals surface area contributed by atoms with E-state index < -0.39 is 0 Å². The molecule has 0 unspecified atom stereocenters. The van der Waals surface area contributed by atoms with E-state index in [1.807, 2.05) is 65.8 Å². The molecule has 0 saturated heterocycles. The monoisotopic (exact) mass is 196 g/mol. The van der Waals surface area contributed by atoms with Crippen molar-refractivity contribution in [3.63, 3.8) is 0 Å².